The molecule has 0 fully saturated rings. The molecule has 4 heterocycles. The summed E-state index contributed by atoms with van der Waals surface area (Å²) in [4.78, 5) is 9.28. The van der Waals surface area contributed by atoms with E-state index in [9.17, 15) is 0 Å². The van der Waals surface area contributed by atoms with E-state index in [0.717, 1.165) is 0 Å². The summed E-state index contributed by atoms with van der Waals surface area (Å²) >= 11 is 1.71. The molecule has 26 heavy (non-hydrogen) atoms. The molecule has 0 aliphatic rings. The van der Waals surface area contributed by atoms with Crippen LogP contribution in [0.3, 0.4) is 0 Å². The molecular weight excluding hydrogens is 342 g/mol. The van der Waals surface area contributed by atoms with Crippen LogP contribution < -0.4 is 0 Å². The molecule has 0 saturated heterocycles. The minimum absolute atomic E-state index is 1.62. The minimum Gasteiger partial charge on any atom is -0.473 e. The van der Waals surface area contributed by atoms with Gasteiger partial charge < -0.3 is 14.4 Å². The number of thiophene rings is 1. The van der Waals surface area contributed by atoms with Crippen LogP contribution in [0.5, 0.6) is 0 Å². The molecule has 0 radical (unpaired) electrons. The second kappa shape index (κ2) is 18.0. The van der Waals surface area contributed by atoms with Crippen molar-refractivity contribution in [3.8, 4) is 0 Å². The average molecular weight is 366 g/mol. The van der Waals surface area contributed by atoms with Crippen LogP contribution in [-0.2, 0) is 0 Å². The van der Waals surface area contributed by atoms with Crippen molar-refractivity contribution >= 4 is 11.3 Å². The number of imidazole rings is 1. The molecule has 4 aromatic heterocycles. The number of furan rings is 1. The zero-order valence-electron chi connectivity index (χ0n) is 14.4. The predicted octanol–water partition coefficient (Wildman–Crippen LogP) is 6.14. The number of H-pyrrole nitrogens is 2. The van der Waals surface area contributed by atoms with Gasteiger partial charge in [0.05, 0.1) is 18.9 Å². The van der Waals surface area contributed by atoms with Gasteiger partial charge in [0.25, 0.3) is 0 Å². The highest BCUT2D eigenvalue weighted by molar-refractivity contribution is 7.07. The second-order valence-electron chi connectivity index (χ2n) is 4.39. The number of benzene rings is 1. The third-order valence-electron chi connectivity index (χ3n) is 2.42. The van der Waals surface area contributed by atoms with E-state index >= 15 is 0 Å². The lowest BCUT2D eigenvalue weighted by Crippen LogP contribution is -1.47. The Morgan fingerprint density at radius 2 is 1.15 bits per heavy atom. The van der Waals surface area contributed by atoms with Crippen LogP contribution in [-0.4, -0.2) is 15.0 Å². The molecule has 4 nitrogen and oxygen atoms in total. The molecule has 5 heteroatoms. The topological polar surface area (TPSA) is 57.6 Å². The van der Waals surface area contributed by atoms with Gasteiger partial charge in [-0.05, 0) is 35.0 Å². The molecule has 0 aliphatic carbocycles. The van der Waals surface area contributed by atoms with Crippen molar-refractivity contribution in [1.29, 1.82) is 0 Å². The third-order valence-corrected chi connectivity index (χ3v) is 3.05. The Morgan fingerprint density at radius 3 is 1.35 bits per heavy atom. The van der Waals surface area contributed by atoms with Crippen molar-refractivity contribution in [3.05, 3.63) is 127 Å². The smallest absolute Gasteiger partial charge is 0.0919 e. The monoisotopic (exact) mass is 365 g/mol. The Balaban J connectivity index is 0.000000163. The number of rotatable bonds is 0. The third kappa shape index (κ3) is 15.6. The number of aromatic amines is 2. The van der Waals surface area contributed by atoms with Gasteiger partial charge in [-0.2, -0.15) is 11.3 Å². The molecule has 0 atom stereocenters. The summed E-state index contributed by atoms with van der Waals surface area (Å²) in [5.41, 5.74) is 0. The van der Waals surface area contributed by atoms with Gasteiger partial charge in [-0.1, -0.05) is 48.5 Å². The molecule has 2 N–H and O–H groups in total. The zero-order valence-corrected chi connectivity index (χ0v) is 15.2. The van der Waals surface area contributed by atoms with Crippen molar-refractivity contribution in [2.75, 3.05) is 0 Å². The van der Waals surface area contributed by atoms with Gasteiger partial charge >= 0.3 is 0 Å². The van der Waals surface area contributed by atoms with Gasteiger partial charge in [0.2, 0.25) is 0 Å². The predicted molar refractivity (Wildman–Crippen MR) is 109 cm³/mol. The summed E-state index contributed by atoms with van der Waals surface area (Å²) in [7, 11) is 0. The highest BCUT2D eigenvalue weighted by atomic mass is 32.1. The Hall–Kier alpha value is -3.31. The Morgan fingerprint density at radius 1 is 0.577 bits per heavy atom. The second-order valence-corrected chi connectivity index (χ2v) is 5.20. The molecule has 5 aromatic rings. The van der Waals surface area contributed by atoms with Crippen molar-refractivity contribution in [3.63, 3.8) is 0 Å². The first-order chi connectivity index (χ1) is 13.0. The summed E-state index contributed by atoms with van der Waals surface area (Å²) < 4.78 is 4.58. The van der Waals surface area contributed by atoms with Gasteiger partial charge in [0.15, 0.2) is 0 Å². The lowest BCUT2D eigenvalue weighted by molar-refractivity contribution is 0.567. The number of hydrogen-bond donors (Lipinski definition) is 2. The van der Waals surface area contributed by atoms with Crippen LogP contribution >= 0.6 is 11.3 Å². The van der Waals surface area contributed by atoms with Crippen LogP contribution in [0.4, 0.5) is 0 Å². The standard InChI is InChI=1S/C6H6.C4H5N.C4H4O.C4H4S.C3H4N2/c1-2-4-6-5-3-1;3*1-2-4-5-3-1;1-2-5-3-4-1/h1-6H;1-5H;2*1-4H;1-3H,(H,4,5). The van der Waals surface area contributed by atoms with E-state index in [2.05, 4.69) is 19.4 Å². The first-order valence-electron chi connectivity index (χ1n) is 7.95. The molecule has 0 amide bonds. The number of nitrogens with zero attached hydrogens (tertiary/aromatic N) is 1. The highest BCUT2D eigenvalue weighted by Crippen LogP contribution is 1.91. The van der Waals surface area contributed by atoms with E-state index in [1.165, 1.54) is 0 Å². The molecule has 0 aliphatic heterocycles. The molecular formula is C21H23N3OS. The maximum Gasteiger partial charge on any atom is 0.0919 e. The lowest BCUT2D eigenvalue weighted by Gasteiger charge is -1.69. The molecule has 0 spiro atoms. The fourth-order valence-corrected chi connectivity index (χ4v) is 1.79. The zero-order chi connectivity index (χ0) is 18.4. The van der Waals surface area contributed by atoms with Gasteiger partial charge in [-0.3, -0.25) is 0 Å². The minimum atomic E-state index is 1.62. The Bertz CT molecular complexity index is 535. The fourth-order valence-electron chi connectivity index (χ4n) is 1.33. The van der Waals surface area contributed by atoms with E-state index in [1.807, 2.05) is 96.0 Å². The normalized spacial score (nSPS) is 8.00. The molecule has 0 bridgehead atoms. The van der Waals surface area contributed by atoms with Gasteiger partial charge in [0, 0.05) is 24.8 Å². The maximum absolute atomic E-state index is 4.58. The Kier molecular flexibility index (Phi) is 14.4. The van der Waals surface area contributed by atoms with Crippen LogP contribution in [0.1, 0.15) is 0 Å². The van der Waals surface area contributed by atoms with Crippen LogP contribution in [0.15, 0.2) is 132 Å². The number of hydrogen-bond acceptors (Lipinski definition) is 3. The summed E-state index contributed by atoms with van der Waals surface area (Å²) in [5.74, 6) is 0. The van der Waals surface area contributed by atoms with E-state index < -0.39 is 0 Å². The van der Waals surface area contributed by atoms with Gasteiger partial charge in [-0.25, -0.2) is 4.98 Å². The van der Waals surface area contributed by atoms with Gasteiger partial charge in [0.1, 0.15) is 0 Å². The molecule has 134 valence electrons. The first-order valence-corrected chi connectivity index (χ1v) is 8.89. The Labute approximate surface area is 158 Å². The largest absolute Gasteiger partial charge is 0.473 e. The molecule has 0 unspecified atom stereocenters. The van der Waals surface area contributed by atoms with Crippen LogP contribution in [0.25, 0.3) is 0 Å². The van der Waals surface area contributed by atoms with Gasteiger partial charge in [-0.15, -0.1) is 0 Å². The summed E-state index contributed by atoms with van der Waals surface area (Å²) in [6.45, 7) is 0. The first kappa shape index (κ1) is 20.7. The average Bonchev–Trinajstić information content (AvgIpc) is 3.56. The van der Waals surface area contributed by atoms with Crippen molar-refractivity contribution in [1.82, 2.24) is 15.0 Å². The van der Waals surface area contributed by atoms with E-state index in [-0.39, 0.29) is 0 Å². The maximum atomic E-state index is 4.58. The lowest BCUT2D eigenvalue weighted by atomic mass is 10.4. The summed E-state index contributed by atoms with van der Waals surface area (Å²) in [6.07, 6.45) is 12.1. The van der Waals surface area contributed by atoms with Crippen molar-refractivity contribution in [2.45, 2.75) is 0 Å². The van der Waals surface area contributed by atoms with Crippen molar-refractivity contribution < 1.29 is 4.42 Å². The summed E-state index contributed by atoms with van der Waals surface area (Å²) in [6, 6.07) is 23.6. The van der Waals surface area contributed by atoms with E-state index in [4.69, 9.17) is 0 Å². The van der Waals surface area contributed by atoms with E-state index in [1.54, 1.807) is 42.6 Å². The molecule has 1 aromatic carbocycles. The SMILES string of the molecule is c1c[nH]cn1.c1cc[nH]c1.c1ccccc1.c1ccoc1.c1ccsc1. The quantitative estimate of drug-likeness (QED) is 0.346. The molecule has 0 saturated carbocycles. The summed E-state index contributed by atoms with van der Waals surface area (Å²) in [5, 5.41) is 4.08. The number of aromatic nitrogens is 3. The highest BCUT2D eigenvalue weighted by Gasteiger charge is 1.60. The van der Waals surface area contributed by atoms with E-state index in [0.29, 0.717) is 0 Å². The molecule has 5 rings (SSSR count). The van der Waals surface area contributed by atoms with Crippen molar-refractivity contribution in [2.24, 2.45) is 0 Å². The van der Waals surface area contributed by atoms with Crippen LogP contribution in [0.2, 0.25) is 0 Å². The van der Waals surface area contributed by atoms with Crippen LogP contribution in [0, 0.1) is 0 Å². The number of nitrogens with one attached hydrogen (secondary N) is 2. The fraction of sp³-hybridized carbons (Fsp3) is 0.